The van der Waals surface area contributed by atoms with Gasteiger partial charge in [0.15, 0.2) is 0 Å². The second-order valence-electron chi connectivity index (χ2n) is 15.1. The number of unbranched alkanes of at least 4 members (excludes halogenated alkanes) is 4. The van der Waals surface area contributed by atoms with Gasteiger partial charge < -0.3 is 20.3 Å². The fourth-order valence-corrected chi connectivity index (χ4v) is 7.03. The molecule has 1 atom stereocenters. The van der Waals surface area contributed by atoms with Gasteiger partial charge in [0.1, 0.15) is 6.10 Å². The summed E-state index contributed by atoms with van der Waals surface area (Å²) in [6.45, 7) is 22.7. The second kappa shape index (κ2) is 15.0. The molecular weight excluding hydrogens is 520 g/mol. The molecule has 2 aliphatic rings. The van der Waals surface area contributed by atoms with Crippen LogP contribution in [-0.4, -0.2) is 68.3 Å². The van der Waals surface area contributed by atoms with Crippen LogP contribution in [0.1, 0.15) is 133 Å². The maximum Gasteiger partial charge on any atom is 0.333 e. The van der Waals surface area contributed by atoms with E-state index in [9.17, 15) is 19.5 Å². The molecular formula is C33H60N2O6. The lowest BCUT2D eigenvalue weighted by Crippen LogP contribution is -2.59. The Labute approximate surface area is 249 Å². The monoisotopic (exact) mass is 580 g/mol. The van der Waals surface area contributed by atoms with E-state index >= 15 is 0 Å². The number of likely N-dealkylation sites (tertiary alicyclic amines) is 1. The third-order valence-corrected chi connectivity index (χ3v) is 8.91. The molecule has 0 saturated carbocycles. The summed E-state index contributed by atoms with van der Waals surface area (Å²) in [4.78, 5) is 36.2. The number of esters is 1. The van der Waals surface area contributed by atoms with Gasteiger partial charge in [-0.25, -0.2) is 4.79 Å². The predicted octanol–water partition coefficient (Wildman–Crippen LogP) is 6.82. The van der Waals surface area contributed by atoms with Crippen LogP contribution in [0.5, 0.6) is 0 Å². The van der Waals surface area contributed by atoms with Crippen LogP contribution in [0.2, 0.25) is 0 Å². The number of nitrogens with zero attached hydrogens (tertiary/aromatic N) is 1. The molecule has 0 aromatic carbocycles. The average Bonchev–Trinajstić information content (AvgIpc) is 2.76. The molecule has 0 aromatic heterocycles. The summed E-state index contributed by atoms with van der Waals surface area (Å²) in [6.07, 6.45) is 9.00. The van der Waals surface area contributed by atoms with Crippen LogP contribution in [0, 0.1) is 11.8 Å². The molecule has 0 aromatic rings. The first-order valence-electron chi connectivity index (χ1n) is 15.4. The molecule has 3 N–H and O–H groups in total. The van der Waals surface area contributed by atoms with Crippen LogP contribution >= 0.6 is 0 Å². The summed E-state index contributed by atoms with van der Waals surface area (Å²) in [6, 6.07) is 0. The molecule has 0 bridgehead atoms. The van der Waals surface area contributed by atoms with E-state index in [1.807, 2.05) is 0 Å². The summed E-state index contributed by atoms with van der Waals surface area (Å²) in [7, 11) is 2.14. The van der Waals surface area contributed by atoms with Gasteiger partial charge in [-0.15, -0.1) is 0 Å². The van der Waals surface area contributed by atoms with E-state index in [1.165, 1.54) is 0 Å². The number of ether oxygens (including phenoxy) is 1. The number of carbonyl (C=O) groups excluding carboxylic acids is 1. The molecule has 8 nitrogen and oxygen atoms in total. The van der Waals surface area contributed by atoms with E-state index in [-0.39, 0.29) is 52.5 Å². The average molecular weight is 581 g/mol. The zero-order chi connectivity index (χ0) is 31.8. The normalized spacial score (nSPS) is 22.6. The van der Waals surface area contributed by atoms with Crippen molar-refractivity contribution in [1.82, 2.24) is 10.2 Å². The van der Waals surface area contributed by atoms with Crippen molar-refractivity contribution in [1.29, 1.82) is 0 Å². The van der Waals surface area contributed by atoms with Crippen LogP contribution in [-0.2, 0) is 19.1 Å². The van der Waals surface area contributed by atoms with Gasteiger partial charge in [-0.1, -0.05) is 32.3 Å². The van der Waals surface area contributed by atoms with E-state index < -0.39 is 11.9 Å². The number of rotatable bonds is 12. The van der Waals surface area contributed by atoms with Gasteiger partial charge >= 0.3 is 17.9 Å². The molecule has 0 amide bonds. The molecule has 2 rings (SSSR count). The first-order chi connectivity index (χ1) is 18.6. The number of hydrogen-bond donors (Lipinski definition) is 3. The Bertz CT molecular complexity index is 873. The molecule has 41 heavy (non-hydrogen) atoms. The highest BCUT2D eigenvalue weighted by atomic mass is 16.5. The lowest BCUT2D eigenvalue weighted by atomic mass is 9.68. The Balaban J connectivity index is 0.000000452. The minimum absolute atomic E-state index is 0.00176. The summed E-state index contributed by atoms with van der Waals surface area (Å²) in [5.41, 5.74) is 0.492. The topological polar surface area (TPSA) is 116 Å². The highest BCUT2D eigenvalue weighted by molar-refractivity contribution is 5.87. The Morgan fingerprint density at radius 3 is 1.76 bits per heavy atom. The molecule has 238 valence electrons. The van der Waals surface area contributed by atoms with E-state index in [4.69, 9.17) is 9.84 Å². The van der Waals surface area contributed by atoms with E-state index in [1.54, 1.807) is 6.92 Å². The number of hydrogen-bond acceptors (Lipinski definition) is 6. The molecule has 1 unspecified atom stereocenters. The Morgan fingerprint density at radius 2 is 1.32 bits per heavy atom. The van der Waals surface area contributed by atoms with Crippen molar-refractivity contribution < 1.29 is 29.3 Å². The lowest BCUT2D eigenvalue weighted by Gasteiger charge is -2.54. The van der Waals surface area contributed by atoms with Crippen molar-refractivity contribution >= 4 is 17.9 Å². The number of carbonyl (C=O) groups is 3. The van der Waals surface area contributed by atoms with E-state index in [0.29, 0.717) is 5.57 Å². The van der Waals surface area contributed by atoms with Gasteiger partial charge in [0.25, 0.3) is 0 Å². The van der Waals surface area contributed by atoms with Crippen molar-refractivity contribution in [2.24, 2.45) is 11.8 Å². The maximum absolute atomic E-state index is 11.9. The van der Waals surface area contributed by atoms with E-state index in [2.05, 4.69) is 79.2 Å². The molecule has 0 radical (unpaired) electrons. The Kier molecular flexibility index (Phi) is 13.6. The van der Waals surface area contributed by atoms with Crippen molar-refractivity contribution in [3.05, 3.63) is 12.2 Å². The minimum Gasteiger partial charge on any atom is -0.481 e. The van der Waals surface area contributed by atoms with Crippen LogP contribution < -0.4 is 5.32 Å². The van der Waals surface area contributed by atoms with Gasteiger partial charge in [0.2, 0.25) is 0 Å². The zero-order valence-electron chi connectivity index (χ0n) is 27.7. The van der Waals surface area contributed by atoms with Gasteiger partial charge in [-0.3, -0.25) is 14.5 Å². The number of nitrogens with one attached hydrogen (secondary N) is 1. The van der Waals surface area contributed by atoms with Crippen LogP contribution in [0.15, 0.2) is 12.2 Å². The predicted molar refractivity (Wildman–Crippen MR) is 165 cm³/mol. The lowest BCUT2D eigenvalue weighted by molar-refractivity contribution is -0.149. The first-order valence-corrected chi connectivity index (χ1v) is 15.4. The summed E-state index contributed by atoms with van der Waals surface area (Å²) in [5.74, 6) is -1.74. The first kappa shape index (κ1) is 37.1. The smallest absolute Gasteiger partial charge is 0.333 e. The Morgan fingerprint density at radius 1 is 0.854 bits per heavy atom. The third-order valence-electron chi connectivity index (χ3n) is 8.91. The van der Waals surface area contributed by atoms with Gasteiger partial charge in [-0.2, -0.15) is 0 Å². The van der Waals surface area contributed by atoms with Crippen LogP contribution in [0.25, 0.3) is 0 Å². The fraction of sp³-hybridized carbons (Fsp3) is 0.848. The van der Waals surface area contributed by atoms with Crippen molar-refractivity contribution in [2.45, 2.75) is 161 Å². The number of aliphatic carboxylic acids is 2. The maximum atomic E-state index is 11.9. The summed E-state index contributed by atoms with van der Waals surface area (Å²) >= 11 is 0. The summed E-state index contributed by atoms with van der Waals surface area (Å²) < 4.78 is 5.45. The molecule has 2 fully saturated rings. The van der Waals surface area contributed by atoms with Gasteiger partial charge in [0.05, 0.1) is 5.92 Å². The standard InChI is InChI=1S/C20H37NO4.C13H23NO2/c1-19(2)13-15(14-20(3,4)21(19)5)16(18(24)25)11-9-7-6-8-10-12-17(22)23;1-9(2)11(15)16-10-7-12(3,4)14-13(5,6)8-10/h15-16H,6-14H2,1-5H3,(H,22,23)(H,24,25);10,14H,1,7-8H2,2-6H3. The quantitative estimate of drug-likeness (QED) is 0.131. The highest BCUT2D eigenvalue weighted by Gasteiger charge is 2.46. The molecule has 8 heteroatoms. The molecule has 2 aliphatic heterocycles. The highest BCUT2D eigenvalue weighted by Crippen LogP contribution is 2.44. The number of carboxylic acid groups (broad SMARTS) is 2. The number of piperidine rings is 2. The van der Waals surface area contributed by atoms with Crippen molar-refractivity contribution in [3.8, 4) is 0 Å². The fourth-order valence-electron chi connectivity index (χ4n) is 7.03. The Hall–Kier alpha value is -1.93. The zero-order valence-corrected chi connectivity index (χ0v) is 27.7. The molecule has 0 spiro atoms. The van der Waals surface area contributed by atoms with Gasteiger partial charge in [0, 0.05) is 47.0 Å². The largest absolute Gasteiger partial charge is 0.481 e. The number of carboxylic acids is 2. The second-order valence-corrected chi connectivity index (χ2v) is 15.1. The van der Waals surface area contributed by atoms with Crippen molar-refractivity contribution in [2.75, 3.05) is 7.05 Å². The molecule has 2 saturated heterocycles. The molecule has 0 aliphatic carbocycles. The third kappa shape index (κ3) is 12.9. The van der Waals surface area contributed by atoms with Crippen LogP contribution in [0.3, 0.4) is 0 Å². The van der Waals surface area contributed by atoms with Gasteiger partial charge in [-0.05, 0) is 101 Å². The van der Waals surface area contributed by atoms with Crippen molar-refractivity contribution in [3.63, 3.8) is 0 Å². The summed E-state index contributed by atoms with van der Waals surface area (Å²) in [5, 5.41) is 21.9. The molecule has 2 heterocycles. The van der Waals surface area contributed by atoms with Crippen LogP contribution in [0.4, 0.5) is 0 Å². The minimum atomic E-state index is -0.738. The SMILES string of the molecule is C=C(C)C(=O)OC1CC(C)(C)NC(C)(C)C1.CN1C(C)(C)CC(C(CCCCCCCC(=O)O)C(=O)O)CC1(C)C. The van der Waals surface area contributed by atoms with E-state index in [0.717, 1.165) is 64.2 Å².